The number of nitrogens with one attached hydrogen (secondary N) is 1. The lowest BCUT2D eigenvalue weighted by molar-refractivity contribution is -0.143. The van der Waals surface area contributed by atoms with Gasteiger partial charge in [0.15, 0.2) is 0 Å². The fourth-order valence-electron chi connectivity index (χ4n) is 1.42. The molecular weight excluding hydrogens is 218 g/mol. The molecule has 0 rings (SSSR count). The third kappa shape index (κ3) is 6.97. The zero-order chi connectivity index (χ0) is 13.6. The van der Waals surface area contributed by atoms with Gasteiger partial charge in [0.05, 0.1) is 0 Å². The molecule has 0 unspecified atom stereocenters. The lowest BCUT2D eigenvalue weighted by atomic mass is 9.90. The second-order valence-corrected chi connectivity index (χ2v) is 5.83. The molecule has 17 heavy (non-hydrogen) atoms. The van der Waals surface area contributed by atoms with Gasteiger partial charge in [-0.05, 0) is 17.8 Å². The van der Waals surface area contributed by atoms with Gasteiger partial charge in [-0.15, -0.1) is 0 Å². The van der Waals surface area contributed by atoms with Gasteiger partial charge in [-0.2, -0.15) is 0 Å². The fourth-order valence-corrected chi connectivity index (χ4v) is 1.42. The Hall–Kier alpha value is -1.06. The van der Waals surface area contributed by atoms with E-state index in [0.717, 1.165) is 12.8 Å². The first kappa shape index (κ1) is 15.9. The van der Waals surface area contributed by atoms with Crippen LogP contribution in [0, 0.1) is 11.3 Å². The molecule has 0 spiro atoms. The van der Waals surface area contributed by atoms with Crippen molar-refractivity contribution in [2.24, 2.45) is 11.3 Å². The van der Waals surface area contributed by atoms with Crippen molar-refractivity contribution in [3.05, 3.63) is 0 Å². The molecule has 0 aromatic heterocycles. The molecule has 0 aromatic rings. The van der Waals surface area contributed by atoms with Crippen LogP contribution < -0.4 is 5.32 Å². The van der Waals surface area contributed by atoms with E-state index in [4.69, 9.17) is 5.11 Å². The molecule has 2 atom stereocenters. The molecule has 100 valence electrons. The van der Waals surface area contributed by atoms with E-state index in [9.17, 15) is 9.59 Å². The Morgan fingerprint density at radius 1 is 1.29 bits per heavy atom. The molecule has 0 aromatic carbocycles. The van der Waals surface area contributed by atoms with Crippen LogP contribution >= 0.6 is 0 Å². The number of carboxylic acid groups (broad SMARTS) is 1. The Morgan fingerprint density at radius 2 is 1.82 bits per heavy atom. The summed E-state index contributed by atoms with van der Waals surface area (Å²) < 4.78 is 0. The molecule has 4 heteroatoms. The SMILES string of the molecule is CC[C@H](C)[C@H](NC(=O)CCC(C)(C)C)C(=O)O. The van der Waals surface area contributed by atoms with Crippen molar-refractivity contribution in [3.8, 4) is 0 Å². The predicted molar refractivity (Wildman–Crippen MR) is 67.7 cm³/mol. The van der Waals surface area contributed by atoms with Crippen LogP contribution in [0.2, 0.25) is 0 Å². The van der Waals surface area contributed by atoms with Gasteiger partial charge in [-0.25, -0.2) is 4.79 Å². The van der Waals surface area contributed by atoms with Crippen molar-refractivity contribution in [1.82, 2.24) is 5.32 Å². The summed E-state index contributed by atoms with van der Waals surface area (Å²) in [5.41, 5.74) is 0.0897. The second-order valence-electron chi connectivity index (χ2n) is 5.83. The maximum absolute atomic E-state index is 11.7. The Labute approximate surface area is 104 Å². The monoisotopic (exact) mass is 243 g/mol. The van der Waals surface area contributed by atoms with Crippen molar-refractivity contribution in [2.45, 2.75) is 59.9 Å². The van der Waals surface area contributed by atoms with Crippen molar-refractivity contribution in [1.29, 1.82) is 0 Å². The smallest absolute Gasteiger partial charge is 0.326 e. The second kappa shape index (κ2) is 6.62. The number of carboxylic acids is 1. The lowest BCUT2D eigenvalue weighted by Gasteiger charge is -2.22. The molecule has 0 aliphatic carbocycles. The molecule has 0 radical (unpaired) electrons. The zero-order valence-corrected chi connectivity index (χ0v) is 11.5. The van der Waals surface area contributed by atoms with Crippen molar-refractivity contribution >= 4 is 11.9 Å². The van der Waals surface area contributed by atoms with Crippen LogP contribution in [0.25, 0.3) is 0 Å². The van der Waals surface area contributed by atoms with Gasteiger partial charge < -0.3 is 10.4 Å². The Kier molecular flexibility index (Phi) is 6.21. The standard InChI is InChI=1S/C13H25NO3/c1-6-9(2)11(12(16)17)14-10(15)7-8-13(3,4)5/h9,11H,6-8H2,1-5H3,(H,14,15)(H,16,17)/t9-,11-/m0/s1. The number of carbonyl (C=O) groups excluding carboxylic acids is 1. The molecule has 1 amide bonds. The number of hydrogen-bond acceptors (Lipinski definition) is 2. The molecule has 0 saturated heterocycles. The summed E-state index contributed by atoms with van der Waals surface area (Å²) in [4.78, 5) is 22.7. The summed E-state index contributed by atoms with van der Waals surface area (Å²) in [6.07, 6.45) is 1.87. The maximum atomic E-state index is 11.7. The topological polar surface area (TPSA) is 66.4 Å². The Morgan fingerprint density at radius 3 is 2.18 bits per heavy atom. The van der Waals surface area contributed by atoms with E-state index < -0.39 is 12.0 Å². The van der Waals surface area contributed by atoms with Crippen molar-refractivity contribution in [2.75, 3.05) is 0 Å². The molecule has 4 nitrogen and oxygen atoms in total. The average molecular weight is 243 g/mol. The third-order valence-corrected chi connectivity index (χ3v) is 2.90. The average Bonchev–Trinajstić information content (AvgIpc) is 2.20. The highest BCUT2D eigenvalue weighted by Gasteiger charge is 2.25. The van der Waals surface area contributed by atoms with Crippen LogP contribution in [0.1, 0.15) is 53.9 Å². The highest BCUT2D eigenvalue weighted by atomic mass is 16.4. The molecule has 0 saturated carbocycles. The number of carbonyl (C=O) groups is 2. The largest absolute Gasteiger partial charge is 0.480 e. The lowest BCUT2D eigenvalue weighted by Crippen LogP contribution is -2.45. The Balaban J connectivity index is 4.28. The quantitative estimate of drug-likeness (QED) is 0.753. The molecular formula is C13H25NO3. The highest BCUT2D eigenvalue weighted by molar-refractivity contribution is 5.83. The van der Waals surface area contributed by atoms with Gasteiger partial charge in [0.25, 0.3) is 0 Å². The van der Waals surface area contributed by atoms with E-state index >= 15 is 0 Å². The number of amides is 1. The van der Waals surface area contributed by atoms with Crippen LogP contribution in [0.5, 0.6) is 0 Å². The maximum Gasteiger partial charge on any atom is 0.326 e. The molecule has 0 aliphatic heterocycles. The minimum absolute atomic E-state index is 0.0499. The van der Waals surface area contributed by atoms with Gasteiger partial charge >= 0.3 is 5.97 Å². The third-order valence-electron chi connectivity index (χ3n) is 2.90. The van der Waals surface area contributed by atoms with Crippen LogP contribution in [-0.2, 0) is 9.59 Å². The first-order chi connectivity index (χ1) is 7.67. The van der Waals surface area contributed by atoms with Gasteiger partial charge in [-0.3, -0.25) is 4.79 Å². The summed E-state index contributed by atoms with van der Waals surface area (Å²) in [6.45, 7) is 9.93. The minimum Gasteiger partial charge on any atom is -0.480 e. The van der Waals surface area contributed by atoms with Gasteiger partial charge in [0.2, 0.25) is 5.91 Å². The molecule has 2 N–H and O–H groups in total. The number of aliphatic carboxylic acids is 1. The van der Waals surface area contributed by atoms with Gasteiger partial charge in [-0.1, -0.05) is 41.0 Å². The van der Waals surface area contributed by atoms with E-state index in [1.165, 1.54) is 0 Å². The summed E-state index contributed by atoms with van der Waals surface area (Å²) >= 11 is 0. The van der Waals surface area contributed by atoms with E-state index in [0.29, 0.717) is 6.42 Å². The van der Waals surface area contributed by atoms with Crippen LogP contribution in [0.4, 0.5) is 0 Å². The van der Waals surface area contributed by atoms with Crippen molar-refractivity contribution in [3.63, 3.8) is 0 Å². The first-order valence-electron chi connectivity index (χ1n) is 6.19. The van der Waals surface area contributed by atoms with E-state index in [2.05, 4.69) is 26.1 Å². The van der Waals surface area contributed by atoms with Crippen LogP contribution in [-0.4, -0.2) is 23.0 Å². The summed E-state index contributed by atoms with van der Waals surface area (Å²) in [6, 6.07) is -0.771. The highest BCUT2D eigenvalue weighted by Crippen LogP contribution is 2.20. The normalized spacial score (nSPS) is 15.1. The zero-order valence-electron chi connectivity index (χ0n) is 11.5. The molecule has 0 fully saturated rings. The first-order valence-corrected chi connectivity index (χ1v) is 6.19. The van der Waals surface area contributed by atoms with E-state index in [1.807, 2.05) is 13.8 Å². The van der Waals surface area contributed by atoms with Gasteiger partial charge in [0.1, 0.15) is 6.04 Å². The number of hydrogen-bond donors (Lipinski definition) is 2. The molecule has 0 aliphatic rings. The fraction of sp³-hybridized carbons (Fsp3) is 0.846. The summed E-state index contributed by atoms with van der Waals surface area (Å²) in [7, 11) is 0. The van der Waals surface area contributed by atoms with E-state index in [1.54, 1.807) is 0 Å². The number of rotatable bonds is 6. The minimum atomic E-state index is -0.955. The molecule has 0 bridgehead atoms. The summed E-state index contributed by atoms with van der Waals surface area (Å²) in [5.74, 6) is -1.18. The molecule has 0 heterocycles. The van der Waals surface area contributed by atoms with Crippen molar-refractivity contribution < 1.29 is 14.7 Å². The Bertz CT molecular complexity index is 268. The van der Waals surface area contributed by atoms with Gasteiger partial charge in [0, 0.05) is 6.42 Å². The summed E-state index contributed by atoms with van der Waals surface area (Å²) in [5, 5.41) is 11.6. The predicted octanol–water partition coefficient (Wildman–Crippen LogP) is 2.43. The van der Waals surface area contributed by atoms with Crippen LogP contribution in [0.15, 0.2) is 0 Å². The van der Waals surface area contributed by atoms with Crippen LogP contribution in [0.3, 0.4) is 0 Å². The van der Waals surface area contributed by atoms with E-state index in [-0.39, 0.29) is 17.2 Å².